The highest BCUT2D eigenvalue weighted by molar-refractivity contribution is 6.37. The quantitative estimate of drug-likeness (QED) is 0.474. The van der Waals surface area contributed by atoms with Crippen LogP contribution in [0.1, 0.15) is 25.0 Å². The maximum atomic E-state index is 12.9. The molecule has 34 heavy (non-hydrogen) atoms. The van der Waals surface area contributed by atoms with E-state index in [9.17, 15) is 9.59 Å². The van der Waals surface area contributed by atoms with Gasteiger partial charge in [-0.1, -0.05) is 62.4 Å². The highest BCUT2D eigenvalue weighted by atomic mass is 16.2. The van der Waals surface area contributed by atoms with Crippen LogP contribution in [-0.2, 0) is 9.59 Å². The van der Waals surface area contributed by atoms with Crippen LogP contribution in [0.5, 0.6) is 0 Å². The second kappa shape index (κ2) is 10.4. The van der Waals surface area contributed by atoms with Gasteiger partial charge in [0.05, 0.1) is 17.8 Å². The van der Waals surface area contributed by atoms with Gasteiger partial charge in [0, 0.05) is 29.7 Å². The highest BCUT2D eigenvalue weighted by Crippen LogP contribution is 2.37. The van der Waals surface area contributed by atoms with E-state index in [1.54, 1.807) is 11.9 Å². The molecule has 2 amide bonds. The lowest BCUT2D eigenvalue weighted by molar-refractivity contribution is -0.119. The molecule has 1 heterocycles. The number of anilines is 3. The molecule has 6 heteroatoms. The van der Waals surface area contributed by atoms with E-state index >= 15 is 0 Å². The topological polar surface area (TPSA) is 64.7 Å². The van der Waals surface area contributed by atoms with Crippen molar-refractivity contribution in [2.75, 3.05) is 42.2 Å². The first kappa shape index (κ1) is 23.3. The summed E-state index contributed by atoms with van der Waals surface area (Å²) < 4.78 is 0. The highest BCUT2D eigenvalue weighted by Gasteiger charge is 2.28. The molecule has 0 fully saturated rings. The van der Waals surface area contributed by atoms with Gasteiger partial charge in [-0.15, -0.1) is 0 Å². The third kappa shape index (κ3) is 4.87. The van der Waals surface area contributed by atoms with Gasteiger partial charge in [0.15, 0.2) is 0 Å². The molecule has 0 spiro atoms. The lowest BCUT2D eigenvalue weighted by Crippen LogP contribution is -2.38. The van der Waals surface area contributed by atoms with Crippen molar-refractivity contribution in [2.24, 2.45) is 0 Å². The Bertz CT molecular complexity index is 1200. The third-order valence-corrected chi connectivity index (χ3v) is 6.14. The van der Waals surface area contributed by atoms with E-state index in [4.69, 9.17) is 0 Å². The zero-order chi connectivity index (χ0) is 24.1. The average Bonchev–Trinajstić information content (AvgIpc) is 3.21. The van der Waals surface area contributed by atoms with Gasteiger partial charge in [-0.2, -0.15) is 0 Å². The van der Waals surface area contributed by atoms with Crippen LogP contribution in [0.2, 0.25) is 0 Å². The molecule has 2 N–H and O–H groups in total. The summed E-state index contributed by atoms with van der Waals surface area (Å²) in [7, 11) is 1.80. The average molecular weight is 455 g/mol. The number of benzene rings is 3. The zero-order valence-electron chi connectivity index (χ0n) is 19.8. The van der Waals surface area contributed by atoms with Crippen molar-refractivity contribution in [1.82, 2.24) is 4.90 Å². The molecular formula is C28H30N4O2. The van der Waals surface area contributed by atoms with E-state index in [0.717, 1.165) is 47.0 Å². The number of fused-ring (bicyclic) bond motifs is 1. The molecule has 0 saturated heterocycles. The minimum Gasteiger partial charge on any atom is -0.354 e. The van der Waals surface area contributed by atoms with Crippen molar-refractivity contribution in [3.8, 4) is 0 Å². The Balaban J connectivity index is 1.63. The van der Waals surface area contributed by atoms with Crippen LogP contribution in [-0.4, -0.2) is 43.4 Å². The monoisotopic (exact) mass is 454 g/mol. The molecule has 4 rings (SSSR count). The fourth-order valence-electron chi connectivity index (χ4n) is 4.05. The van der Waals surface area contributed by atoms with E-state index in [1.807, 2.05) is 78.9 Å². The first-order valence-corrected chi connectivity index (χ1v) is 11.6. The van der Waals surface area contributed by atoms with Crippen molar-refractivity contribution < 1.29 is 9.59 Å². The predicted molar refractivity (Wildman–Crippen MR) is 140 cm³/mol. The van der Waals surface area contributed by atoms with Crippen molar-refractivity contribution in [1.29, 1.82) is 0 Å². The van der Waals surface area contributed by atoms with E-state index in [2.05, 4.69) is 29.4 Å². The van der Waals surface area contributed by atoms with Crippen LogP contribution in [0.3, 0.4) is 0 Å². The number of carbonyl (C=O) groups excluding carboxylic acids is 2. The van der Waals surface area contributed by atoms with Gasteiger partial charge in [-0.3, -0.25) is 14.5 Å². The van der Waals surface area contributed by atoms with Crippen molar-refractivity contribution in [3.63, 3.8) is 0 Å². The summed E-state index contributed by atoms with van der Waals surface area (Å²) in [6, 6.07) is 25.2. The largest absolute Gasteiger partial charge is 0.354 e. The predicted octanol–water partition coefficient (Wildman–Crippen LogP) is 4.92. The van der Waals surface area contributed by atoms with Crippen LogP contribution >= 0.6 is 0 Å². The minimum atomic E-state index is -0.133. The third-order valence-electron chi connectivity index (χ3n) is 6.14. The molecule has 3 aromatic rings. The number of nitrogens with zero attached hydrogens (tertiary/aromatic N) is 2. The molecule has 1 aliphatic rings. The second-order valence-electron chi connectivity index (χ2n) is 8.20. The number of para-hydroxylation sites is 1. The Morgan fingerprint density at radius 3 is 2.21 bits per heavy atom. The number of nitrogens with one attached hydrogen (secondary N) is 2. The summed E-state index contributed by atoms with van der Waals surface area (Å²) in [5.74, 6) is -0.0818. The number of amides is 2. The molecule has 1 aliphatic heterocycles. The summed E-state index contributed by atoms with van der Waals surface area (Å²) in [5.41, 5.74) is 5.59. The summed E-state index contributed by atoms with van der Waals surface area (Å²) in [6.07, 6.45) is 0. The Kier molecular flexibility index (Phi) is 7.09. The Morgan fingerprint density at radius 1 is 0.882 bits per heavy atom. The molecule has 0 unspecified atom stereocenters. The lowest BCUT2D eigenvalue weighted by Gasteiger charge is -2.23. The second-order valence-corrected chi connectivity index (χ2v) is 8.20. The van der Waals surface area contributed by atoms with Crippen LogP contribution < -0.4 is 15.5 Å². The Morgan fingerprint density at radius 2 is 1.53 bits per heavy atom. The van der Waals surface area contributed by atoms with Crippen LogP contribution in [0, 0.1) is 0 Å². The summed E-state index contributed by atoms with van der Waals surface area (Å²) in [5, 5.41) is 6.42. The number of rotatable bonds is 8. The van der Waals surface area contributed by atoms with Gasteiger partial charge in [0.25, 0.3) is 5.91 Å². The molecule has 0 aromatic heterocycles. The van der Waals surface area contributed by atoms with Gasteiger partial charge in [0.1, 0.15) is 0 Å². The number of likely N-dealkylation sites (N-methyl/N-ethyl adjacent to an activating group) is 2. The normalized spacial score (nSPS) is 13.9. The molecule has 3 aromatic carbocycles. The molecule has 0 saturated carbocycles. The molecule has 6 nitrogen and oxygen atoms in total. The number of hydrogen-bond acceptors (Lipinski definition) is 4. The van der Waals surface area contributed by atoms with Gasteiger partial charge >= 0.3 is 0 Å². The minimum absolute atomic E-state index is 0.0516. The summed E-state index contributed by atoms with van der Waals surface area (Å²) >= 11 is 0. The molecule has 0 atom stereocenters. The van der Waals surface area contributed by atoms with Crippen LogP contribution in [0.15, 0.2) is 78.9 Å². The van der Waals surface area contributed by atoms with Crippen LogP contribution in [0.4, 0.5) is 17.1 Å². The molecule has 0 radical (unpaired) electrons. The molecular weight excluding hydrogens is 424 g/mol. The SMILES string of the molecule is CCN(CC)CC(=O)N(C)c1ccc(NC(=C2C(=O)Nc3ccccc32)c2ccccc2)cc1. The van der Waals surface area contributed by atoms with E-state index in [0.29, 0.717) is 12.1 Å². The number of carbonyl (C=O) groups is 2. The summed E-state index contributed by atoms with van der Waals surface area (Å²) in [4.78, 5) is 29.4. The maximum Gasteiger partial charge on any atom is 0.258 e. The van der Waals surface area contributed by atoms with Crippen LogP contribution in [0.25, 0.3) is 11.3 Å². The molecule has 0 bridgehead atoms. The standard InChI is InChI=1S/C28H30N4O2/c1-4-32(5-2)19-25(33)31(3)22-17-15-21(16-18-22)29-27(20-11-7-6-8-12-20)26-23-13-9-10-14-24(23)30-28(26)34/h6-18,29H,4-5,19H2,1-3H3,(H,30,34). The van der Waals surface area contributed by atoms with E-state index in [-0.39, 0.29) is 11.8 Å². The number of hydrogen-bond donors (Lipinski definition) is 2. The molecule has 174 valence electrons. The molecule has 0 aliphatic carbocycles. The zero-order valence-corrected chi connectivity index (χ0v) is 19.8. The fraction of sp³-hybridized carbons (Fsp3) is 0.214. The van der Waals surface area contributed by atoms with Gasteiger partial charge in [-0.05, 0) is 49.0 Å². The van der Waals surface area contributed by atoms with Crippen molar-refractivity contribution in [3.05, 3.63) is 90.0 Å². The smallest absolute Gasteiger partial charge is 0.258 e. The summed E-state index contributed by atoms with van der Waals surface area (Å²) in [6.45, 7) is 6.18. The Hall–Kier alpha value is -3.90. The fourth-order valence-corrected chi connectivity index (χ4v) is 4.05. The van der Waals surface area contributed by atoms with E-state index < -0.39 is 0 Å². The van der Waals surface area contributed by atoms with Crippen molar-refractivity contribution >= 4 is 40.1 Å². The van der Waals surface area contributed by atoms with E-state index in [1.165, 1.54) is 0 Å². The Labute approximate surface area is 200 Å². The van der Waals surface area contributed by atoms with Crippen molar-refractivity contribution in [2.45, 2.75) is 13.8 Å². The van der Waals surface area contributed by atoms with Gasteiger partial charge < -0.3 is 15.5 Å². The van der Waals surface area contributed by atoms with Gasteiger partial charge in [0.2, 0.25) is 5.91 Å². The lowest BCUT2D eigenvalue weighted by atomic mass is 10.00. The first-order chi connectivity index (χ1) is 16.5. The van der Waals surface area contributed by atoms with Gasteiger partial charge in [-0.25, -0.2) is 0 Å². The maximum absolute atomic E-state index is 12.9. The first-order valence-electron chi connectivity index (χ1n) is 11.6.